The van der Waals surface area contributed by atoms with E-state index in [1.54, 1.807) is 40.2 Å². The van der Waals surface area contributed by atoms with Gasteiger partial charge in [-0.05, 0) is 42.5 Å². The first-order valence-electron chi connectivity index (χ1n) is 10.7. The van der Waals surface area contributed by atoms with Gasteiger partial charge in [0.05, 0.1) is 52.0 Å². The first-order chi connectivity index (χ1) is 17.0. The number of anilines is 3. The largest absolute Gasteiger partial charge is 0.324 e. The average Bonchev–Trinajstić information content (AvgIpc) is 3.36. The topological polar surface area (TPSA) is 112 Å². The fourth-order valence-electron chi connectivity index (χ4n) is 3.70. The lowest BCUT2D eigenvalue weighted by molar-refractivity contribution is -0.118. The standard InChI is InChI=1S/C24H18Cl2N8O/c25-19-9-15(10-27)1-6-21(19)34-14-16(11-30-34)23-20(26)12-29-24(32-23)31-17-2-4-18(5-3-17)33-8-7-28-13-22(33)35/h1-6,9,11-12,14,28H,7-8,13H2,(H,29,31,32). The Morgan fingerprint density at radius 1 is 1.09 bits per heavy atom. The van der Waals surface area contributed by atoms with Crippen LogP contribution in [-0.2, 0) is 4.79 Å². The molecular weight excluding hydrogens is 487 g/mol. The second-order valence-corrected chi connectivity index (χ2v) is 8.55. The lowest BCUT2D eigenvalue weighted by Crippen LogP contribution is -2.48. The van der Waals surface area contributed by atoms with Crippen LogP contribution in [0.15, 0.2) is 61.1 Å². The normalized spacial score (nSPS) is 13.5. The summed E-state index contributed by atoms with van der Waals surface area (Å²) in [7, 11) is 0. The third-order valence-electron chi connectivity index (χ3n) is 5.45. The average molecular weight is 505 g/mol. The highest BCUT2D eigenvalue weighted by molar-refractivity contribution is 6.33. The highest BCUT2D eigenvalue weighted by atomic mass is 35.5. The van der Waals surface area contributed by atoms with Gasteiger partial charge in [-0.15, -0.1) is 0 Å². The Bertz CT molecular complexity index is 1440. The van der Waals surface area contributed by atoms with E-state index >= 15 is 0 Å². The zero-order chi connectivity index (χ0) is 24.4. The number of rotatable bonds is 5. The summed E-state index contributed by atoms with van der Waals surface area (Å²) in [5.74, 6) is 0.407. The number of nitriles is 1. The van der Waals surface area contributed by atoms with Crippen LogP contribution in [0.5, 0.6) is 0 Å². The van der Waals surface area contributed by atoms with E-state index in [1.807, 2.05) is 24.3 Å². The molecule has 1 aliphatic heterocycles. The van der Waals surface area contributed by atoms with Gasteiger partial charge in [0.2, 0.25) is 11.9 Å². The molecule has 1 fully saturated rings. The van der Waals surface area contributed by atoms with Crippen LogP contribution in [0.25, 0.3) is 16.9 Å². The van der Waals surface area contributed by atoms with Gasteiger partial charge in [-0.1, -0.05) is 23.2 Å². The van der Waals surface area contributed by atoms with Gasteiger partial charge < -0.3 is 15.5 Å². The number of hydrogen-bond donors (Lipinski definition) is 2. The quantitative estimate of drug-likeness (QED) is 0.419. The van der Waals surface area contributed by atoms with Crippen molar-refractivity contribution in [2.45, 2.75) is 0 Å². The number of carbonyl (C=O) groups excluding carboxylic acids is 1. The Labute approximate surface area is 210 Å². The van der Waals surface area contributed by atoms with Crippen LogP contribution < -0.4 is 15.5 Å². The van der Waals surface area contributed by atoms with Gasteiger partial charge in [0.1, 0.15) is 0 Å². The monoisotopic (exact) mass is 504 g/mol. The summed E-state index contributed by atoms with van der Waals surface area (Å²) in [6.45, 7) is 1.74. The number of halogens is 2. The Kier molecular flexibility index (Phi) is 6.33. The van der Waals surface area contributed by atoms with Gasteiger partial charge in [-0.3, -0.25) is 4.79 Å². The Hall–Kier alpha value is -3.97. The Balaban J connectivity index is 1.36. The summed E-state index contributed by atoms with van der Waals surface area (Å²) in [6, 6.07) is 14.5. The molecule has 0 spiro atoms. The molecule has 0 aliphatic carbocycles. The fraction of sp³-hybridized carbons (Fsp3) is 0.125. The molecule has 1 amide bonds. The Morgan fingerprint density at radius 3 is 2.66 bits per heavy atom. The third kappa shape index (κ3) is 4.81. The molecule has 1 aliphatic rings. The van der Waals surface area contributed by atoms with Crippen LogP contribution in [-0.4, -0.2) is 45.3 Å². The van der Waals surface area contributed by atoms with Crippen molar-refractivity contribution in [3.05, 3.63) is 76.7 Å². The van der Waals surface area contributed by atoms with Crippen molar-refractivity contribution in [1.82, 2.24) is 25.1 Å². The summed E-state index contributed by atoms with van der Waals surface area (Å²) in [5.41, 5.74) is 3.88. The molecule has 174 valence electrons. The number of nitrogens with one attached hydrogen (secondary N) is 2. The number of nitrogens with zero attached hydrogens (tertiary/aromatic N) is 6. The van der Waals surface area contributed by atoms with Crippen LogP contribution in [0.2, 0.25) is 10.0 Å². The molecule has 3 heterocycles. The number of benzene rings is 2. The van der Waals surface area contributed by atoms with E-state index in [0.717, 1.165) is 17.9 Å². The molecule has 35 heavy (non-hydrogen) atoms. The highest BCUT2D eigenvalue weighted by Gasteiger charge is 2.19. The predicted octanol–water partition coefficient (Wildman–Crippen LogP) is 4.19. The van der Waals surface area contributed by atoms with Gasteiger partial charge in [-0.2, -0.15) is 10.4 Å². The fourth-order valence-corrected chi connectivity index (χ4v) is 4.17. The summed E-state index contributed by atoms with van der Waals surface area (Å²) in [4.78, 5) is 22.7. The molecule has 5 rings (SSSR count). The first kappa shape index (κ1) is 22.8. The van der Waals surface area contributed by atoms with Crippen LogP contribution in [0.4, 0.5) is 17.3 Å². The number of amides is 1. The van der Waals surface area contributed by atoms with E-state index in [0.29, 0.717) is 51.6 Å². The van der Waals surface area contributed by atoms with E-state index < -0.39 is 0 Å². The van der Waals surface area contributed by atoms with Crippen LogP contribution in [0, 0.1) is 11.3 Å². The van der Waals surface area contributed by atoms with Gasteiger partial charge in [0.15, 0.2) is 0 Å². The van der Waals surface area contributed by atoms with E-state index in [9.17, 15) is 4.79 Å². The molecule has 9 nitrogen and oxygen atoms in total. The van der Waals surface area contributed by atoms with Crippen molar-refractivity contribution in [3.63, 3.8) is 0 Å². The maximum Gasteiger partial charge on any atom is 0.240 e. The van der Waals surface area contributed by atoms with E-state index in [4.69, 9.17) is 28.5 Å². The molecule has 4 aromatic rings. The highest BCUT2D eigenvalue weighted by Crippen LogP contribution is 2.29. The molecule has 0 unspecified atom stereocenters. The summed E-state index contributed by atoms with van der Waals surface area (Å²) in [6.07, 6.45) is 4.91. The van der Waals surface area contributed by atoms with Gasteiger partial charge in [0, 0.05) is 36.2 Å². The Morgan fingerprint density at radius 2 is 1.91 bits per heavy atom. The zero-order valence-corrected chi connectivity index (χ0v) is 19.8. The lowest BCUT2D eigenvalue weighted by Gasteiger charge is -2.27. The minimum Gasteiger partial charge on any atom is -0.324 e. The smallest absolute Gasteiger partial charge is 0.240 e. The molecule has 0 radical (unpaired) electrons. The zero-order valence-electron chi connectivity index (χ0n) is 18.2. The molecule has 2 aromatic carbocycles. The molecule has 0 saturated carbocycles. The maximum absolute atomic E-state index is 12.1. The summed E-state index contributed by atoms with van der Waals surface area (Å²) >= 11 is 12.7. The number of carbonyl (C=O) groups is 1. The molecule has 0 bridgehead atoms. The minimum absolute atomic E-state index is 0.0467. The summed E-state index contributed by atoms with van der Waals surface area (Å²) in [5, 5.41) is 20.4. The first-order valence-corrected chi connectivity index (χ1v) is 11.4. The van der Waals surface area contributed by atoms with Crippen molar-refractivity contribution in [1.29, 1.82) is 5.26 Å². The van der Waals surface area contributed by atoms with E-state index in [1.165, 1.54) is 6.20 Å². The van der Waals surface area contributed by atoms with Gasteiger partial charge in [-0.25, -0.2) is 14.6 Å². The van der Waals surface area contributed by atoms with E-state index in [2.05, 4.69) is 31.8 Å². The van der Waals surface area contributed by atoms with Crippen molar-refractivity contribution in [3.8, 4) is 23.0 Å². The third-order valence-corrected chi connectivity index (χ3v) is 6.03. The van der Waals surface area contributed by atoms with E-state index in [-0.39, 0.29) is 5.91 Å². The van der Waals surface area contributed by atoms with Crippen LogP contribution in [0.3, 0.4) is 0 Å². The number of hydrogen-bond acceptors (Lipinski definition) is 7. The molecule has 11 heteroatoms. The van der Waals surface area contributed by atoms with Crippen molar-refractivity contribution < 1.29 is 4.79 Å². The van der Waals surface area contributed by atoms with Crippen LogP contribution >= 0.6 is 23.2 Å². The second kappa shape index (κ2) is 9.72. The minimum atomic E-state index is 0.0467. The maximum atomic E-state index is 12.1. The number of aromatic nitrogens is 4. The van der Waals surface area contributed by atoms with Crippen molar-refractivity contribution >= 4 is 46.4 Å². The molecule has 2 N–H and O–H groups in total. The summed E-state index contributed by atoms with van der Waals surface area (Å²) < 4.78 is 1.60. The van der Waals surface area contributed by atoms with Gasteiger partial charge >= 0.3 is 0 Å². The lowest BCUT2D eigenvalue weighted by atomic mass is 10.2. The number of piperazine rings is 1. The molecular formula is C24H18Cl2N8O. The van der Waals surface area contributed by atoms with Crippen molar-refractivity contribution in [2.24, 2.45) is 0 Å². The molecule has 2 aromatic heterocycles. The SMILES string of the molecule is N#Cc1ccc(-n2cc(-c3nc(Nc4ccc(N5CCNCC5=O)cc4)ncc3Cl)cn2)c(Cl)c1. The second-order valence-electron chi connectivity index (χ2n) is 7.74. The van der Waals surface area contributed by atoms with Crippen LogP contribution in [0.1, 0.15) is 5.56 Å². The molecule has 1 saturated heterocycles. The predicted molar refractivity (Wildman–Crippen MR) is 134 cm³/mol. The van der Waals surface area contributed by atoms with Crippen molar-refractivity contribution in [2.75, 3.05) is 29.9 Å². The van der Waals surface area contributed by atoms with Gasteiger partial charge in [0.25, 0.3) is 0 Å². The molecule has 0 atom stereocenters.